The fourth-order valence-electron chi connectivity index (χ4n) is 3.48. The van der Waals surface area contributed by atoms with E-state index in [9.17, 15) is 9.59 Å². The molecule has 0 saturated carbocycles. The summed E-state index contributed by atoms with van der Waals surface area (Å²) in [6.07, 6.45) is 1.78. The summed E-state index contributed by atoms with van der Waals surface area (Å²) in [6.45, 7) is 1.36. The Labute approximate surface area is 161 Å². The molecule has 0 radical (unpaired) electrons. The molecule has 138 valence electrons. The first kappa shape index (κ1) is 17.5. The molecule has 7 heteroatoms. The van der Waals surface area contributed by atoms with Crippen LogP contribution in [-0.4, -0.2) is 35.0 Å². The van der Waals surface area contributed by atoms with Gasteiger partial charge in [0.25, 0.3) is 5.91 Å². The minimum absolute atomic E-state index is 0.0161. The first-order valence-corrected chi connectivity index (χ1v) is 9.28. The lowest BCUT2D eigenvalue weighted by Crippen LogP contribution is -2.48. The Kier molecular flexibility index (Phi) is 4.81. The number of amides is 1. The molecular formula is C20H19ClN4O2. The van der Waals surface area contributed by atoms with Crippen molar-refractivity contribution in [1.29, 1.82) is 0 Å². The number of carbonyl (C=O) groups excluding carboxylic acids is 1. The summed E-state index contributed by atoms with van der Waals surface area (Å²) in [5.74, 6) is 0.443. The van der Waals surface area contributed by atoms with E-state index in [0.717, 1.165) is 30.2 Å². The topological polar surface area (TPSA) is 78.1 Å². The first-order valence-electron chi connectivity index (χ1n) is 8.90. The van der Waals surface area contributed by atoms with Crippen molar-refractivity contribution in [2.75, 3.05) is 18.0 Å². The number of benzene rings is 2. The Morgan fingerprint density at radius 1 is 1.19 bits per heavy atom. The van der Waals surface area contributed by atoms with Gasteiger partial charge in [0.15, 0.2) is 0 Å². The minimum Gasteiger partial charge on any atom is -0.354 e. The normalized spacial score (nSPS) is 17.1. The highest BCUT2D eigenvalue weighted by Gasteiger charge is 2.23. The number of nitrogens with zero attached hydrogens (tertiary/aromatic N) is 2. The van der Waals surface area contributed by atoms with Gasteiger partial charge >= 0.3 is 5.69 Å². The molecular weight excluding hydrogens is 364 g/mol. The van der Waals surface area contributed by atoms with Gasteiger partial charge < -0.3 is 10.2 Å². The summed E-state index contributed by atoms with van der Waals surface area (Å²) in [6, 6.07) is 15.3. The monoisotopic (exact) mass is 382 g/mol. The molecule has 2 aromatic carbocycles. The van der Waals surface area contributed by atoms with Gasteiger partial charge in [-0.25, -0.2) is 4.79 Å². The van der Waals surface area contributed by atoms with Crippen LogP contribution in [0.1, 0.15) is 23.2 Å². The van der Waals surface area contributed by atoms with Crippen molar-refractivity contribution in [3.63, 3.8) is 0 Å². The second-order valence-corrected chi connectivity index (χ2v) is 7.12. The van der Waals surface area contributed by atoms with Crippen molar-refractivity contribution in [2.24, 2.45) is 0 Å². The summed E-state index contributed by atoms with van der Waals surface area (Å²) in [4.78, 5) is 32.6. The fourth-order valence-corrected chi connectivity index (χ4v) is 3.66. The molecule has 0 spiro atoms. The molecule has 1 aromatic heterocycles. The first-order chi connectivity index (χ1) is 13.1. The van der Waals surface area contributed by atoms with Gasteiger partial charge in [0.1, 0.15) is 11.0 Å². The molecule has 1 unspecified atom stereocenters. The van der Waals surface area contributed by atoms with Crippen LogP contribution in [0.25, 0.3) is 10.8 Å². The Morgan fingerprint density at radius 3 is 2.81 bits per heavy atom. The van der Waals surface area contributed by atoms with E-state index in [1.165, 1.54) is 0 Å². The summed E-state index contributed by atoms with van der Waals surface area (Å²) in [5, 5.41) is 5.50. The molecule has 2 heterocycles. The number of hydrogen-bond donors (Lipinski definition) is 2. The van der Waals surface area contributed by atoms with E-state index >= 15 is 0 Å². The second kappa shape index (κ2) is 7.40. The van der Waals surface area contributed by atoms with E-state index in [4.69, 9.17) is 11.6 Å². The predicted molar refractivity (Wildman–Crippen MR) is 107 cm³/mol. The van der Waals surface area contributed by atoms with Gasteiger partial charge in [-0.15, -0.1) is 0 Å². The zero-order valence-corrected chi connectivity index (χ0v) is 15.4. The van der Waals surface area contributed by atoms with Gasteiger partial charge in [-0.2, -0.15) is 4.98 Å². The lowest BCUT2D eigenvalue weighted by molar-refractivity contribution is 0.0933. The second-order valence-electron chi connectivity index (χ2n) is 6.71. The third kappa shape index (κ3) is 3.95. The SMILES string of the molecule is O=C(NC1CCCN(c2cc(Cl)[nH]c(=O)n2)C1)c1ccc2ccccc2c1. The third-order valence-electron chi connectivity index (χ3n) is 4.79. The van der Waals surface area contributed by atoms with Crippen LogP contribution in [-0.2, 0) is 0 Å². The van der Waals surface area contributed by atoms with Crippen LogP contribution in [0.3, 0.4) is 0 Å². The van der Waals surface area contributed by atoms with E-state index in [0.29, 0.717) is 17.9 Å². The lowest BCUT2D eigenvalue weighted by atomic mass is 10.0. The number of aromatic amines is 1. The van der Waals surface area contributed by atoms with E-state index in [1.807, 2.05) is 47.4 Å². The maximum atomic E-state index is 12.7. The molecule has 0 aliphatic carbocycles. The highest BCUT2D eigenvalue weighted by atomic mass is 35.5. The Bertz CT molecular complexity index is 1050. The number of H-pyrrole nitrogens is 1. The molecule has 1 amide bonds. The highest BCUT2D eigenvalue weighted by molar-refractivity contribution is 6.29. The van der Waals surface area contributed by atoms with Crippen LogP contribution in [0.15, 0.2) is 53.3 Å². The summed E-state index contributed by atoms with van der Waals surface area (Å²) >= 11 is 5.93. The average molecular weight is 383 g/mol. The van der Waals surface area contributed by atoms with Crippen LogP contribution in [0.5, 0.6) is 0 Å². The molecule has 1 aliphatic rings. The van der Waals surface area contributed by atoms with E-state index in [-0.39, 0.29) is 17.1 Å². The molecule has 27 heavy (non-hydrogen) atoms. The average Bonchev–Trinajstić information content (AvgIpc) is 2.67. The molecule has 0 bridgehead atoms. The summed E-state index contributed by atoms with van der Waals surface area (Å²) < 4.78 is 0. The Hall–Kier alpha value is -2.86. The number of hydrogen-bond acceptors (Lipinski definition) is 4. The van der Waals surface area contributed by atoms with Crippen molar-refractivity contribution >= 4 is 34.1 Å². The lowest BCUT2D eigenvalue weighted by Gasteiger charge is -2.33. The zero-order valence-electron chi connectivity index (χ0n) is 14.6. The van der Waals surface area contributed by atoms with Gasteiger partial charge in [-0.3, -0.25) is 9.78 Å². The standard InChI is InChI=1S/C20H19ClN4O2/c21-17-11-18(24-20(27)23-17)25-9-3-6-16(12-25)22-19(26)15-8-7-13-4-1-2-5-14(13)10-15/h1-2,4-5,7-8,10-11,16H,3,6,9,12H2,(H,22,26)(H,23,24,27). The number of carbonyl (C=O) groups is 1. The van der Waals surface area contributed by atoms with Gasteiger partial charge in [-0.1, -0.05) is 41.9 Å². The quantitative estimate of drug-likeness (QED) is 0.683. The number of halogens is 1. The number of nitrogens with one attached hydrogen (secondary N) is 2. The van der Waals surface area contributed by atoms with Crippen molar-refractivity contribution < 1.29 is 4.79 Å². The van der Waals surface area contributed by atoms with Gasteiger partial charge in [0.05, 0.1) is 0 Å². The van der Waals surface area contributed by atoms with Crippen LogP contribution < -0.4 is 15.9 Å². The largest absolute Gasteiger partial charge is 0.354 e. The minimum atomic E-state index is -0.472. The number of aromatic nitrogens is 2. The number of rotatable bonds is 3. The maximum Gasteiger partial charge on any atom is 0.348 e. The van der Waals surface area contributed by atoms with E-state index in [1.54, 1.807) is 6.07 Å². The van der Waals surface area contributed by atoms with Crippen LogP contribution >= 0.6 is 11.6 Å². The molecule has 2 N–H and O–H groups in total. The molecule has 4 rings (SSSR count). The Morgan fingerprint density at radius 2 is 2.00 bits per heavy atom. The molecule has 1 atom stereocenters. The molecule has 1 saturated heterocycles. The summed E-state index contributed by atoms with van der Waals surface area (Å²) in [7, 11) is 0. The van der Waals surface area contributed by atoms with Gasteiger partial charge in [-0.05, 0) is 35.7 Å². The molecule has 1 aliphatic heterocycles. The summed E-state index contributed by atoms with van der Waals surface area (Å²) in [5.41, 5.74) is 0.169. The highest BCUT2D eigenvalue weighted by Crippen LogP contribution is 2.20. The van der Waals surface area contributed by atoms with E-state index in [2.05, 4.69) is 15.3 Å². The van der Waals surface area contributed by atoms with Crippen LogP contribution in [0, 0.1) is 0 Å². The van der Waals surface area contributed by atoms with Gasteiger partial charge in [0, 0.05) is 30.8 Å². The Balaban J connectivity index is 1.48. The number of fused-ring (bicyclic) bond motifs is 1. The smallest absolute Gasteiger partial charge is 0.348 e. The third-order valence-corrected chi connectivity index (χ3v) is 4.99. The number of anilines is 1. The zero-order chi connectivity index (χ0) is 18.8. The van der Waals surface area contributed by atoms with Crippen molar-refractivity contribution in [1.82, 2.24) is 15.3 Å². The van der Waals surface area contributed by atoms with Crippen molar-refractivity contribution in [3.8, 4) is 0 Å². The number of piperidine rings is 1. The van der Waals surface area contributed by atoms with Crippen LogP contribution in [0.2, 0.25) is 5.15 Å². The van der Waals surface area contributed by atoms with Crippen molar-refractivity contribution in [3.05, 3.63) is 69.7 Å². The van der Waals surface area contributed by atoms with Crippen molar-refractivity contribution in [2.45, 2.75) is 18.9 Å². The fraction of sp³-hybridized carbons (Fsp3) is 0.250. The maximum absolute atomic E-state index is 12.7. The van der Waals surface area contributed by atoms with E-state index < -0.39 is 5.69 Å². The predicted octanol–water partition coefficient (Wildman–Crippen LogP) is 2.98. The van der Waals surface area contributed by atoms with Crippen LogP contribution in [0.4, 0.5) is 5.82 Å². The molecule has 3 aromatic rings. The van der Waals surface area contributed by atoms with Gasteiger partial charge in [0.2, 0.25) is 0 Å². The molecule has 1 fully saturated rings. The molecule has 6 nitrogen and oxygen atoms in total.